The van der Waals surface area contributed by atoms with Crippen LogP contribution in [0.5, 0.6) is 0 Å². The van der Waals surface area contributed by atoms with Crippen LogP contribution < -0.4 is 5.32 Å². The normalized spacial score (nSPS) is 13.6. The van der Waals surface area contributed by atoms with Crippen molar-refractivity contribution in [1.82, 2.24) is 9.78 Å². The van der Waals surface area contributed by atoms with E-state index in [0.29, 0.717) is 40.0 Å². The predicted octanol–water partition coefficient (Wildman–Crippen LogP) is 5.83. The lowest BCUT2D eigenvalue weighted by Crippen LogP contribution is -2.06. The van der Waals surface area contributed by atoms with Gasteiger partial charge in [0, 0.05) is 22.7 Å². The van der Waals surface area contributed by atoms with E-state index in [4.69, 9.17) is 23.2 Å². The molecule has 3 aromatic rings. The van der Waals surface area contributed by atoms with Gasteiger partial charge < -0.3 is 5.32 Å². The molecular formula is C18H12Cl2F3N3. The van der Waals surface area contributed by atoms with Gasteiger partial charge in [-0.15, -0.1) is 0 Å². The number of hydrogen-bond acceptors (Lipinski definition) is 2. The standard InChI is InChI=1S/C18H12Cl2F3N3/c19-12-4-5-15(14(20)9-12)26-17-13(6-7-24-17)16(25-26)10-2-1-3-11(8-10)18(21,22)23/h1-5,8-9,24H,6-7H2. The number of nitrogens with zero attached hydrogens (tertiary/aromatic N) is 2. The van der Waals surface area contributed by atoms with E-state index in [-0.39, 0.29) is 0 Å². The second kappa shape index (κ2) is 6.21. The summed E-state index contributed by atoms with van der Waals surface area (Å²) in [4.78, 5) is 0. The molecule has 4 rings (SSSR count). The summed E-state index contributed by atoms with van der Waals surface area (Å²) in [5, 5.41) is 8.68. The molecule has 3 nitrogen and oxygen atoms in total. The summed E-state index contributed by atoms with van der Waals surface area (Å²) in [6.45, 7) is 0.685. The lowest BCUT2D eigenvalue weighted by molar-refractivity contribution is -0.137. The van der Waals surface area contributed by atoms with E-state index in [2.05, 4.69) is 10.4 Å². The fourth-order valence-corrected chi connectivity index (χ4v) is 3.57. The quantitative estimate of drug-likeness (QED) is 0.589. The van der Waals surface area contributed by atoms with Gasteiger partial charge in [-0.05, 0) is 36.8 Å². The Kier molecular flexibility index (Phi) is 4.12. The Bertz CT molecular complexity index is 996. The zero-order valence-corrected chi connectivity index (χ0v) is 14.8. The summed E-state index contributed by atoms with van der Waals surface area (Å²) in [5.41, 5.74) is 1.72. The van der Waals surface area contributed by atoms with Crippen molar-refractivity contribution in [3.8, 4) is 16.9 Å². The first kappa shape index (κ1) is 17.2. The first-order valence-electron chi connectivity index (χ1n) is 7.83. The van der Waals surface area contributed by atoms with Crippen molar-refractivity contribution in [2.75, 3.05) is 11.9 Å². The van der Waals surface area contributed by atoms with E-state index < -0.39 is 11.7 Å². The minimum Gasteiger partial charge on any atom is -0.369 e. The molecule has 134 valence electrons. The lowest BCUT2D eigenvalue weighted by Gasteiger charge is -2.09. The van der Waals surface area contributed by atoms with Crippen LogP contribution >= 0.6 is 23.2 Å². The summed E-state index contributed by atoms with van der Waals surface area (Å²) < 4.78 is 40.8. The highest BCUT2D eigenvalue weighted by Gasteiger charge is 2.31. The van der Waals surface area contributed by atoms with E-state index in [1.54, 1.807) is 28.9 Å². The van der Waals surface area contributed by atoms with Crippen LogP contribution in [0.4, 0.5) is 19.0 Å². The van der Waals surface area contributed by atoms with Crippen molar-refractivity contribution in [2.45, 2.75) is 12.6 Å². The van der Waals surface area contributed by atoms with E-state index in [1.807, 2.05) is 0 Å². The molecule has 0 saturated carbocycles. The van der Waals surface area contributed by atoms with Crippen LogP contribution in [0.15, 0.2) is 42.5 Å². The van der Waals surface area contributed by atoms with Crippen molar-refractivity contribution < 1.29 is 13.2 Å². The molecule has 1 aliphatic heterocycles. The predicted molar refractivity (Wildman–Crippen MR) is 96.2 cm³/mol. The highest BCUT2D eigenvalue weighted by molar-refractivity contribution is 6.35. The zero-order valence-electron chi connectivity index (χ0n) is 13.2. The highest BCUT2D eigenvalue weighted by atomic mass is 35.5. The first-order chi connectivity index (χ1) is 12.3. The number of aromatic nitrogens is 2. The summed E-state index contributed by atoms with van der Waals surface area (Å²) in [5.74, 6) is 0.738. The summed E-state index contributed by atoms with van der Waals surface area (Å²) in [7, 11) is 0. The Morgan fingerprint density at radius 2 is 1.88 bits per heavy atom. The maximum atomic E-state index is 13.1. The molecule has 0 radical (unpaired) electrons. The number of halogens is 5. The molecule has 0 aliphatic carbocycles. The number of fused-ring (bicyclic) bond motifs is 1. The molecule has 1 aromatic heterocycles. The number of anilines is 1. The molecular weight excluding hydrogens is 386 g/mol. The van der Waals surface area contributed by atoms with Gasteiger partial charge in [-0.2, -0.15) is 18.3 Å². The first-order valence-corrected chi connectivity index (χ1v) is 8.59. The van der Waals surface area contributed by atoms with Crippen LogP contribution in [-0.2, 0) is 12.6 Å². The molecule has 8 heteroatoms. The summed E-state index contributed by atoms with van der Waals surface area (Å²) in [6, 6.07) is 10.2. The Morgan fingerprint density at radius 1 is 1.08 bits per heavy atom. The number of rotatable bonds is 2. The van der Waals surface area contributed by atoms with Gasteiger partial charge in [-0.3, -0.25) is 0 Å². The smallest absolute Gasteiger partial charge is 0.369 e. The van der Waals surface area contributed by atoms with Gasteiger partial charge in [0.1, 0.15) is 5.82 Å². The average molecular weight is 398 g/mol. The Hall–Kier alpha value is -2.18. The molecule has 1 aliphatic rings. The van der Waals surface area contributed by atoms with Crippen molar-refractivity contribution in [2.24, 2.45) is 0 Å². The van der Waals surface area contributed by atoms with Gasteiger partial charge in [0.05, 0.1) is 22.0 Å². The van der Waals surface area contributed by atoms with Gasteiger partial charge in [-0.1, -0.05) is 35.3 Å². The third kappa shape index (κ3) is 2.93. The number of benzene rings is 2. The second-order valence-corrected chi connectivity index (χ2v) is 6.78. The van der Waals surface area contributed by atoms with Crippen molar-refractivity contribution in [3.63, 3.8) is 0 Å². The minimum atomic E-state index is -4.40. The Labute approximate surface area is 157 Å². The fourth-order valence-electron chi connectivity index (χ4n) is 3.08. The third-order valence-corrected chi connectivity index (χ3v) is 4.79. The average Bonchev–Trinajstić information content (AvgIpc) is 3.17. The van der Waals surface area contributed by atoms with Crippen LogP contribution in [0.3, 0.4) is 0 Å². The monoisotopic (exact) mass is 397 g/mol. The zero-order chi connectivity index (χ0) is 18.5. The van der Waals surface area contributed by atoms with Gasteiger partial charge in [0.25, 0.3) is 0 Å². The van der Waals surface area contributed by atoms with Gasteiger partial charge >= 0.3 is 6.18 Å². The van der Waals surface area contributed by atoms with Crippen molar-refractivity contribution in [3.05, 3.63) is 63.6 Å². The van der Waals surface area contributed by atoms with Gasteiger partial charge in [0.15, 0.2) is 0 Å². The van der Waals surface area contributed by atoms with E-state index in [0.717, 1.165) is 23.5 Å². The van der Waals surface area contributed by atoms with Crippen LogP contribution in [-0.4, -0.2) is 16.3 Å². The van der Waals surface area contributed by atoms with Gasteiger partial charge in [-0.25, -0.2) is 4.68 Å². The number of hydrogen-bond donors (Lipinski definition) is 1. The lowest BCUT2D eigenvalue weighted by atomic mass is 10.0. The number of nitrogens with one attached hydrogen (secondary N) is 1. The van der Waals surface area contributed by atoms with E-state index in [1.165, 1.54) is 6.07 Å². The van der Waals surface area contributed by atoms with Gasteiger partial charge in [0.2, 0.25) is 0 Å². The Balaban J connectivity index is 1.87. The molecule has 0 saturated heterocycles. The minimum absolute atomic E-state index is 0.409. The topological polar surface area (TPSA) is 29.9 Å². The van der Waals surface area contributed by atoms with E-state index >= 15 is 0 Å². The van der Waals surface area contributed by atoms with Crippen LogP contribution in [0, 0.1) is 0 Å². The Morgan fingerprint density at radius 3 is 2.62 bits per heavy atom. The fraction of sp³-hybridized carbons (Fsp3) is 0.167. The van der Waals surface area contributed by atoms with Crippen molar-refractivity contribution >= 4 is 29.0 Å². The molecule has 0 unspecified atom stereocenters. The third-order valence-electron chi connectivity index (χ3n) is 4.25. The molecule has 26 heavy (non-hydrogen) atoms. The van der Waals surface area contributed by atoms with Crippen molar-refractivity contribution in [1.29, 1.82) is 0 Å². The van der Waals surface area contributed by atoms with Crippen LogP contribution in [0.1, 0.15) is 11.1 Å². The van der Waals surface area contributed by atoms with Crippen LogP contribution in [0.2, 0.25) is 10.0 Å². The highest BCUT2D eigenvalue weighted by Crippen LogP contribution is 2.38. The molecule has 1 N–H and O–H groups in total. The summed E-state index contributed by atoms with van der Waals surface area (Å²) in [6.07, 6.45) is -3.73. The molecule has 0 amide bonds. The molecule has 0 fully saturated rings. The summed E-state index contributed by atoms with van der Waals surface area (Å²) >= 11 is 12.2. The van der Waals surface area contributed by atoms with Crippen LogP contribution in [0.25, 0.3) is 16.9 Å². The molecule has 0 spiro atoms. The maximum Gasteiger partial charge on any atom is 0.416 e. The second-order valence-electron chi connectivity index (χ2n) is 5.94. The van der Waals surface area contributed by atoms with E-state index in [9.17, 15) is 13.2 Å². The largest absolute Gasteiger partial charge is 0.416 e. The number of alkyl halides is 3. The molecule has 0 bridgehead atoms. The molecule has 2 aromatic carbocycles. The maximum absolute atomic E-state index is 13.1. The SMILES string of the molecule is FC(F)(F)c1cccc(-c2nn(-c3ccc(Cl)cc3Cl)c3c2CCN3)c1. The molecule has 2 heterocycles. The molecule has 0 atom stereocenters.